The summed E-state index contributed by atoms with van der Waals surface area (Å²) < 4.78 is 0.897. The van der Waals surface area contributed by atoms with Gasteiger partial charge in [0.2, 0.25) is 0 Å². The maximum Gasteiger partial charge on any atom is 0.109 e. The highest BCUT2D eigenvalue weighted by molar-refractivity contribution is 9.10. The number of halogens is 1. The number of aryl methyl sites for hydroxylation is 2. The van der Waals surface area contributed by atoms with Gasteiger partial charge >= 0.3 is 0 Å². The van der Waals surface area contributed by atoms with Gasteiger partial charge in [0.25, 0.3) is 0 Å². The van der Waals surface area contributed by atoms with Gasteiger partial charge in [-0.25, -0.2) is 9.97 Å². The van der Waals surface area contributed by atoms with Crippen LogP contribution in [-0.2, 0) is 13.0 Å². The maximum atomic E-state index is 4.33. The number of anilines is 1. The summed E-state index contributed by atoms with van der Waals surface area (Å²) in [5, 5.41) is 4.54. The molecule has 0 atom stereocenters. The number of nitrogens with zero attached hydrogens (tertiary/aromatic N) is 2. The summed E-state index contributed by atoms with van der Waals surface area (Å²) in [7, 11) is 0. The molecule has 0 radical (unpaired) electrons. The van der Waals surface area contributed by atoms with Crippen LogP contribution in [0, 0.1) is 6.92 Å². The second-order valence-electron chi connectivity index (χ2n) is 3.76. The number of pyridine rings is 1. The molecule has 0 saturated heterocycles. The van der Waals surface area contributed by atoms with Crippen molar-refractivity contribution in [2.24, 2.45) is 0 Å². The number of hydrogen-bond acceptors (Lipinski definition) is 4. The van der Waals surface area contributed by atoms with Crippen LogP contribution in [0.1, 0.15) is 22.4 Å². The molecule has 2 aromatic rings. The van der Waals surface area contributed by atoms with Gasteiger partial charge in [0.1, 0.15) is 4.60 Å². The Morgan fingerprint density at radius 2 is 2.18 bits per heavy atom. The fraction of sp³-hybridized carbons (Fsp3) is 0.333. The standard InChI is InChI=1S/C12H14BrN3S/c1-3-11-15-7-10(17-11)6-14-9-4-8(2)12(13)16-5-9/h4-5,7,14H,3,6H2,1-2H3. The van der Waals surface area contributed by atoms with E-state index in [1.165, 1.54) is 9.88 Å². The number of nitrogens with one attached hydrogen (secondary N) is 1. The van der Waals surface area contributed by atoms with E-state index in [4.69, 9.17) is 0 Å². The molecule has 0 unspecified atom stereocenters. The van der Waals surface area contributed by atoms with Gasteiger partial charge in [-0.3, -0.25) is 0 Å². The number of rotatable bonds is 4. The quantitative estimate of drug-likeness (QED) is 0.873. The van der Waals surface area contributed by atoms with Gasteiger partial charge in [-0.2, -0.15) is 0 Å². The van der Waals surface area contributed by atoms with Crippen LogP contribution in [0.2, 0.25) is 0 Å². The van der Waals surface area contributed by atoms with Gasteiger partial charge in [0.05, 0.1) is 23.4 Å². The third-order valence-corrected chi connectivity index (χ3v) is 4.36. The minimum Gasteiger partial charge on any atom is -0.379 e. The lowest BCUT2D eigenvalue weighted by Crippen LogP contribution is -1.98. The van der Waals surface area contributed by atoms with Crippen LogP contribution < -0.4 is 5.32 Å². The molecule has 2 aromatic heterocycles. The van der Waals surface area contributed by atoms with Crippen LogP contribution in [0.15, 0.2) is 23.1 Å². The highest BCUT2D eigenvalue weighted by Crippen LogP contribution is 2.19. The number of thiazole rings is 1. The predicted molar refractivity (Wildman–Crippen MR) is 75.5 cm³/mol. The lowest BCUT2D eigenvalue weighted by Gasteiger charge is -2.05. The molecule has 0 fully saturated rings. The minimum atomic E-state index is 0.806. The van der Waals surface area contributed by atoms with Crippen molar-refractivity contribution in [1.82, 2.24) is 9.97 Å². The third-order valence-electron chi connectivity index (χ3n) is 2.39. The van der Waals surface area contributed by atoms with E-state index in [-0.39, 0.29) is 0 Å². The van der Waals surface area contributed by atoms with Crippen LogP contribution in [0.5, 0.6) is 0 Å². The van der Waals surface area contributed by atoms with Crippen molar-refractivity contribution < 1.29 is 0 Å². The summed E-state index contributed by atoms with van der Waals surface area (Å²) in [6.07, 6.45) is 4.78. The van der Waals surface area contributed by atoms with E-state index in [9.17, 15) is 0 Å². The molecule has 0 aliphatic carbocycles. The Bertz CT molecular complexity index is 510. The summed E-state index contributed by atoms with van der Waals surface area (Å²) in [5.74, 6) is 0. The van der Waals surface area contributed by atoms with Crippen LogP contribution in [-0.4, -0.2) is 9.97 Å². The molecule has 1 N–H and O–H groups in total. The topological polar surface area (TPSA) is 37.8 Å². The van der Waals surface area contributed by atoms with Crippen LogP contribution in [0.3, 0.4) is 0 Å². The van der Waals surface area contributed by atoms with Gasteiger partial charge < -0.3 is 5.32 Å². The van der Waals surface area contributed by atoms with Gasteiger partial charge in [-0.1, -0.05) is 6.92 Å². The lowest BCUT2D eigenvalue weighted by atomic mass is 10.3. The monoisotopic (exact) mass is 311 g/mol. The second kappa shape index (κ2) is 5.60. The first kappa shape index (κ1) is 12.5. The molecule has 2 heterocycles. The smallest absolute Gasteiger partial charge is 0.109 e. The average Bonchev–Trinajstić information content (AvgIpc) is 2.79. The zero-order valence-corrected chi connectivity index (χ0v) is 12.2. The molecule has 0 saturated carbocycles. The SMILES string of the molecule is CCc1ncc(CNc2cnc(Br)c(C)c2)s1. The van der Waals surface area contributed by atoms with Crippen molar-refractivity contribution in [2.75, 3.05) is 5.32 Å². The normalized spacial score (nSPS) is 10.5. The number of hydrogen-bond donors (Lipinski definition) is 1. The summed E-state index contributed by atoms with van der Waals surface area (Å²) in [4.78, 5) is 9.84. The molecule has 5 heteroatoms. The molecule has 0 aliphatic heterocycles. The Morgan fingerprint density at radius 3 is 2.82 bits per heavy atom. The summed E-state index contributed by atoms with van der Waals surface area (Å²) in [6, 6.07) is 2.08. The van der Waals surface area contributed by atoms with Crippen molar-refractivity contribution in [2.45, 2.75) is 26.8 Å². The highest BCUT2D eigenvalue weighted by Gasteiger charge is 2.01. The first-order chi connectivity index (χ1) is 8.19. The van der Waals surface area contributed by atoms with Gasteiger partial charge in [-0.05, 0) is 40.9 Å². The predicted octanol–water partition coefficient (Wildman–Crippen LogP) is 3.78. The largest absolute Gasteiger partial charge is 0.379 e. The van der Waals surface area contributed by atoms with E-state index >= 15 is 0 Å². The lowest BCUT2D eigenvalue weighted by molar-refractivity contribution is 1.08. The molecule has 2 rings (SSSR count). The van der Waals surface area contributed by atoms with Crippen molar-refractivity contribution in [3.05, 3.63) is 38.5 Å². The average molecular weight is 312 g/mol. The molecule has 3 nitrogen and oxygen atoms in total. The Balaban J connectivity index is 1.99. The zero-order valence-electron chi connectivity index (χ0n) is 9.83. The zero-order chi connectivity index (χ0) is 12.3. The molecule has 0 bridgehead atoms. The van der Waals surface area contributed by atoms with Crippen LogP contribution >= 0.6 is 27.3 Å². The molecule has 0 aliphatic rings. The van der Waals surface area contributed by atoms with E-state index < -0.39 is 0 Å². The van der Waals surface area contributed by atoms with Crippen molar-refractivity contribution in [3.8, 4) is 0 Å². The summed E-state index contributed by atoms with van der Waals surface area (Å²) in [5.41, 5.74) is 2.17. The first-order valence-corrected chi connectivity index (χ1v) is 7.09. The fourth-order valence-corrected chi connectivity index (χ4v) is 2.46. The van der Waals surface area contributed by atoms with Gasteiger partial charge in [-0.15, -0.1) is 11.3 Å². The Labute approximate surface area is 113 Å². The van der Waals surface area contributed by atoms with Crippen LogP contribution in [0.4, 0.5) is 5.69 Å². The summed E-state index contributed by atoms with van der Waals surface area (Å²) in [6.45, 7) is 4.96. The Morgan fingerprint density at radius 1 is 1.35 bits per heavy atom. The third kappa shape index (κ3) is 3.26. The molecular weight excluding hydrogens is 298 g/mol. The maximum absolute atomic E-state index is 4.33. The molecule has 0 amide bonds. The van der Waals surface area contributed by atoms with E-state index in [1.54, 1.807) is 11.3 Å². The van der Waals surface area contributed by atoms with E-state index in [1.807, 2.05) is 19.3 Å². The first-order valence-electron chi connectivity index (χ1n) is 5.48. The van der Waals surface area contributed by atoms with E-state index in [0.717, 1.165) is 28.8 Å². The Hall–Kier alpha value is -0.940. The fourth-order valence-electron chi connectivity index (χ4n) is 1.44. The van der Waals surface area contributed by atoms with E-state index in [0.29, 0.717) is 0 Å². The van der Waals surface area contributed by atoms with Crippen molar-refractivity contribution >= 4 is 33.0 Å². The van der Waals surface area contributed by atoms with Crippen LogP contribution in [0.25, 0.3) is 0 Å². The molecular formula is C12H14BrN3S. The van der Waals surface area contributed by atoms with Gasteiger partial charge in [0.15, 0.2) is 0 Å². The Kier molecular flexibility index (Phi) is 4.12. The number of aromatic nitrogens is 2. The molecule has 0 spiro atoms. The molecule has 0 aromatic carbocycles. The van der Waals surface area contributed by atoms with Crippen molar-refractivity contribution in [1.29, 1.82) is 0 Å². The summed E-state index contributed by atoms with van der Waals surface area (Å²) >= 11 is 5.15. The minimum absolute atomic E-state index is 0.806. The second-order valence-corrected chi connectivity index (χ2v) is 5.71. The van der Waals surface area contributed by atoms with Crippen molar-refractivity contribution in [3.63, 3.8) is 0 Å². The van der Waals surface area contributed by atoms with Gasteiger partial charge in [0, 0.05) is 11.1 Å². The molecule has 90 valence electrons. The van der Waals surface area contributed by atoms with E-state index in [2.05, 4.69) is 44.2 Å². The highest BCUT2D eigenvalue weighted by atomic mass is 79.9. The molecule has 17 heavy (non-hydrogen) atoms.